The average Bonchev–Trinajstić information content (AvgIpc) is 2.44. The normalized spacial score (nSPS) is 14.8. The van der Waals surface area contributed by atoms with Crippen LogP contribution in [0, 0.1) is 0 Å². The minimum Gasteiger partial charge on any atom is -0.490 e. The summed E-state index contributed by atoms with van der Waals surface area (Å²) in [5.41, 5.74) is 4.52. The Hall–Kier alpha value is -2.22. The molecule has 0 radical (unpaired) electrons. The molecule has 0 saturated carbocycles. The predicted octanol–water partition coefficient (Wildman–Crippen LogP) is 4.00. The van der Waals surface area contributed by atoms with Crippen LogP contribution in [0.3, 0.4) is 0 Å². The maximum absolute atomic E-state index is 5.48. The van der Waals surface area contributed by atoms with E-state index in [0.717, 1.165) is 22.7 Å². The molecule has 1 aliphatic heterocycles. The Morgan fingerprint density at radius 2 is 1.89 bits per heavy atom. The summed E-state index contributed by atoms with van der Waals surface area (Å²) in [5.74, 6) is 0.855. The Balaban J connectivity index is 2.23. The van der Waals surface area contributed by atoms with Crippen LogP contribution in [0.5, 0.6) is 5.75 Å². The van der Waals surface area contributed by atoms with E-state index in [1.54, 1.807) is 6.08 Å². The van der Waals surface area contributed by atoms with Crippen molar-refractivity contribution in [3.05, 3.63) is 72.5 Å². The first-order valence-electron chi connectivity index (χ1n) is 6.29. The van der Waals surface area contributed by atoms with Gasteiger partial charge < -0.3 is 9.64 Å². The summed E-state index contributed by atoms with van der Waals surface area (Å²) in [5, 5.41) is 0. The van der Waals surface area contributed by atoms with E-state index in [4.69, 9.17) is 4.74 Å². The molecule has 0 N–H and O–H groups in total. The molecule has 0 spiro atoms. The summed E-state index contributed by atoms with van der Waals surface area (Å²) in [7, 11) is 2.03. The van der Waals surface area contributed by atoms with Crippen molar-refractivity contribution >= 4 is 5.70 Å². The second-order valence-corrected chi connectivity index (χ2v) is 4.53. The monoisotopic (exact) mass is 253 g/mol. The summed E-state index contributed by atoms with van der Waals surface area (Å²) in [6.45, 7) is 10.3. The lowest BCUT2D eigenvalue weighted by atomic mass is 10.0. The molecule has 0 fully saturated rings. The molecule has 2 nitrogen and oxygen atoms in total. The fourth-order valence-corrected chi connectivity index (χ4v) is 1.99. The standard InChI is InChI=1S/C17H19NO/c1-5-12-19-16-9-7-15(8-10-16)17-11-6-13(2)14(3)18(17)4/h5-11H,1,3,12H2,2,4H3. The van der Waals surface area contributed by atoms with Crippen LogP contribution in [0.25, 0.3) is 5.70 Å². The lowest BCUT2D eigenvalue weighted by Crippen LogP contribution is -2.18. The minimum absolute atomic E-state index is 0.528. The van der Waals surface area contributed by atoms with Gasteiger partial charge in [0.1, 0.15) is 12.4 Å². The van der Waals surface area contributed by atoms with Gasteiger partial charge in [-0.1, -0.05) is 25.3 Å². The number of hydrogen-bond acceptors (Lipinski definition) is 2. The zero-order valence-electron chi connectivity index (χ0n) is 11.5. The fraction of sp³-hybridized carbons (Fsp3) is 0.176. The molecule has 2 rings (SSSR count). The first kappa shape index (κ1) is 13.2. The maximum atomic E-state index is 5.48. The minimum atomic E-state index is 0.528. The average molecular weight is 253 g/mol. The van der Waals surface area contributed by atoms with E-state index in [1.807, 2.05) is 19.2 Å². The van der Waals surface area contributed by atoms with Gasteiger partial charge in [0.15, 0.2) is 0 Å². The Morgan fingerprint density at radius 3 is 2.53 bits per heavy atom. The van der Waals surface area contributed by atoms with Crippen molar-refractivity contribution in [1.82, 2.24) is 4.90 Å². The van der Waals surface area contributed by atoms with Crippen molar-refractivity contribution in [2.75, 3.05) is 13.7 Å². The predicted molar refractivity (Wildman–Crippen MR) is 80.8 cm³/mol. The molecular weight excluding hydrogens is 234 g/mol. The summed E-state index contributed by atoms with van der Waals surface area (Å²) >= 11 is 0. The van der Waals surface area contributed by atoms with Gasteiger partial charge in [-0.3, -0.25) is 0 Å². The van der Waals surface area contributed by atoms with Crippen LogP contribution in [0.2, 0.25) is 0 Å². The van der Waals surface area contributed by atoms with Gasteiger partial charge in [-0.15, -0.1) is 0 Å². The van der Waals surface area contributed by atoms with Crippen LogP contribution in [-0.4, -0.2) is 18.6 Å². The molecule has 1 aliphatic rings. The highest BCUT2D eigenvalue weighted by molar-refractivity contribution is 5.70. The fourth-order valence-electron chi connectivity index (χ4n) is 1.99. The SMILES string of the molecule is C=CCOc1ccc(C2=CC=C(C)C(=C)N2C)cc1. The first-order chi connectivity index (χ1) is 9.13. The van der Waals surface area contributed by atoms with E-state index in [2.05, 4.69) is 49.3 Å². The summed E-state index contributed by atoms with van der Waals surface area (Å²) in [6.07, 6.45) is 5.95. The van der Waals surface area contributed by atoms with Crippen LogP contribution >= 0.6 is 0 Å². The van der Waals surface area contributed by atoms with Crippen LogP contribution in [0.1, 0.15) is 12.5 Å². The van der Waals surface area contributed by atoms with E-state index in [-0.39, 0.29) is 0 Å². The number of benzene rings is 1. The largest absolute Gasteiger partial charge is 0.490 e. The lowest BCUT2D eigenvalue weighted by Gasteiger charge is -2.28. The van der Waals surface area contributed by atoms with Gasteiger partial charge in [-0.2, -0.15) is 0 Å². The molecule has 98 valence electrons. The maximum Gasteiger partial charge on any atom is 0.119 e. The smallest absolute Gasteiger partial charge is 0.119 e. The van der Waals surface area contributed by atoms with Gasteiger partial charge in [0, 0.05) is 18.4 Å². The van der Waals surface area contributed by atoms with Crippen molar-refractivity contribution in [3.63, 3.8) is 0 Å². The highest BCUT2D eigenvalue weighted by atomic mass is 16.5. The van der Waals surface area contributed by atoms with Gasteiger partial charge in [-0.25, -0.2) is 0 Å². The summed E-state index contributed by atoms with van der Waals surface area (Å²) < 4.78 is 5.48. The van der Waals surface area contributed by atoms with Gasteiger partial charge in [0.2, 0.25) is 0 Å². The van der Waals surface area contributed by atoms with Crippen molar-refractivity contribution in [1.29, 1.82) is 0 Å². The van der Waals surface area contributed by atoms with Gasteiger partial charge in [-0.05, 0) is 48.4 Å². The van der Waals surface area contributed by atoms with Gasteiger partial charge in [0.05, 0.1) is 0 Å². The highest BCUT2D eigenvalue weighted by Crippen LogP contribution is 2.29. The van der Waals surface area contributed by atoms with Crippen LogP contribution in [-0.2, 0) is 0 Å². The second kappa shape index (κ2) is 5.61. The van der Waals surface area contributed by atoms with Crippen LogP contribution in [0.15, 0.2) is 66.9 Å². The number of rotatable bonds is 4. The van der Waals surface area contributed by atoms with E-state index in [1.165, 1.54) is 5.57 Å². The Morgan fingerprint density at radius 1 is 1.21 bits per heavy atom. The van der Waals surface area contributed by atoms with E-state index in [9.17, 15) is 0 Å². The third-order valence-corrected chi connectivity index (χ3v) is 3.23. The van der Waals surface area contributed by atoms with E-state index in [0.29, 0.717) is 6.61 Å². The second-order valence-electron chi connectivity index (χ2n) is 4.53. The highest BCUT2D eigenvalue weighted by Gasteiger charge is 2.14. The third-order valence-electron chi connectivity index (χ3n) is 3.23. The summed E-state index contributed by atoms with van der Waals surface area (Å²) in [6, 6.07) is 8.06. The van der Waals surface area contributed by atoms with E-state index < -0.39 is 0 Å². The summed E-state index contributed by atoms with van der Waals surface area (Å²) in [4.78, 5) is 2.11. The Kier molecular flexibility index (Phi) is 3.91. The molecule has 19 heavy (non-hydrogen) atoms. The van der Waals surface area contributed by atoms with Crippen molar-refractivity contribution in [2.45, 2.75) is 6.92 Å². The molecule has 0 bridgehead atoms. The molecule has 0 amide bonds. The molecule has 1 aromatic carbocycles. The quantitative estimate of drug-likeness (QED) is 0.752. The number of hydrogen-bond donors (Lipinski definition) is 0. The molecular formula is C17H19NO. The van der Waals surface area contributed by atoms with Crippen LogP contribution in [0.4, 0.5) is 0 Å². The molecule has 2 heteroatoms. The van der Waals surface area contributed by atoms with E-state index >= 15 is 0 Å². The molecule has 0 aromatic heterocycles. The number of ether oxygens (including phenoxy) is 1. The molecule has 0 atom stereocenters. The van der Waals surface area contributed by atoms with Gasteiger partial charge >= 0.3 is 0 Å². The van der Waals surface area contributed by atoms with Crippen molar-refractivity contribution in [3.8, 4) is 5.75 Å². The topological polar surface area (TPSA) is 12.5 Å². The Labute approximate surface area is 115 Å². The molecule has 1 aromatic rings. The molecule has 1 heterocycles. The number of likely N-dealkylation sites (N-methyl/N-ethyl adjacent to an activating group) is 1. The number of nitrogens with zero attached hydrogens (tertiary/aromatic N) is 1. The van der Waals surface area contributed by atoms with Gasteiger partial charge in [0.25, 0.3) is 0 Å². The zero-order chi connectivity index (χ0) is 13.8. The molecule has 0 aliphatic carbocycles. The van der Waals surface area contributed by atoms with Crippen molar-refractivity contribution < 1.29 is 4.74 Å². The third kappa shape index (κ3) is 2.79. The number of allylic oxidation sites excluding steroid dienone is 3. The van der Waals surface area contributed by atoms with Crippen LogP contribution < -0.4 is 4.74 Å². The zero-order valence-corrected chi connectivity index (χ0v) is 11.5. The Bertz CT molecular complexity index is 549. The molecule has 0 unspecified atom stereocenters. The van der Waals surface area contributed by atoms with Crippen molar-refractivity contribution in [2.24, 2.45) is 0 Å². The lowest BCUT2D eigenvalue weighted by molar-refractivity contribution is 0.363. The first-order valence-corrected chi connectivity index (χ1v) is 6.29. The molecule has 0 saturated heterocycles.